The Kier molecular flexibility index (Phi) is 6.48. The third-order valence-electron chi connectivity index (χ3n) is 4.14. The van der Waals surface area contributed by atoms with Crippen LogP contribution in [0, 0.1) is 0 Å². The topological polar surface area (TPSA) is 58.2 Å². The second kappa shape index (κ2) is 9.02. The zero-order valence-corrected chi connectivity index (χ0v) is 16.8. The van der Waals surface area contributed by atoms with Gasteiger partial charge in [0.15, 0.2) is 0 Å². The Morgan fingerprint density at radius 3 is 2.48 bits per heavy atom. The lowest BCUT2D eigenvalue weighted by Crippen LogP contribution is -2.30. The molecule has 2 N–H and O–H groups in total. The quantitative estimate of drug-likeness (QED) is 0.578. The van der Waals surface area contributed by atoms with Crippen molar-refractivity contribution in [2.75, 3.05) is 6.54 Å². The van der Waals surface area contributed by atoms with E-state index in [0.717, 1.165) is 20.8 Å². The van der Waals surface area contributed by atoms with Crippen LogP contribution in [0.4, 0.5) is 0 Å². The van der Waals surface area contributed by atoms with E-state index in [1.165, 1.54) is 0 Å². The SMILES string of the molecule is O=C(CCNC(=O)c1ccc2ccccc2c1)NCc1ccc(Br)cc1Cl. The molecule has 3 aromatic carbocycles. The van der Waals surface area contributed by atoms with E-state index in [4.69, 9.17) is 11.6 Å². The summed E-state index contributed by atoms with van der Waals surface area (Å²) in [5.74, 6) is -0.336. The van der Waals surface area contributed by atoms with E-state index in [9.17, 15) is 9.59 Å². The molecule has 0 aliphatic heterocycles. The predicted molar refractivity (Wildman–Crippen MR) is 112 cm³/mol. The second-order valence-electron chi connectivity index (χ2n) is 6.08. The summed E-state index contributed by atoms with van der Waals surface area (Å²) >= 11 is 9.47. The molecule has 3 rings (SSSR count). The number of carbonyl (C=O) groups excluding carboxylic acids is 2. The summed E-state index contributed by atoms with van der Waals surface area (Å²) in [6.07, 6.45) is 0.202. The molecule has 138 valence electrons. The van der Waals surface area contributed by atoms with Crippen LogP contribution in [-0.4, -0.2) is 18.4 Å². The Bertz CT molecular complexity index is 991. The zero-order valence-electron chi connectivity index (χ0n) is 14.5. The van der Waals surface area contributed by atoms with E-state index >= 15 is 0 Å². The van der Waals surface area contributed by atoms with Crippen molar-refractivity contribution in [3.8, 4) is 0 Å². The molecule has 0 unspecified atom stereocenters. The first kappa shape index (κ1) is 19.4. The number of amides is 2. The molecule has 2 amide bonds. The van der Waals surface area contributed by atoms with Crippen molar-refractivity contribution in [2.24, 2.45) is 0 Å². The van der Waals surface area contributed by atoms with E-state index < -0.39 is 0 Å². The molecular weight excluding hydrogens is 428 g/mol. The predicted octanol–water partition coefficient (Wildman–Crippen LogP) is 4.69. The average molecular weight is 446 g/mol. The minimum absolute atomic E-state index is 0.146. The van der Waals surface area contributed by atoms with Crippen LogP contribution in [0.1, 0.15) is 22.3 Å². The number of hydrogen-bond donors (Lipinski definition) is 2. The number of nitrogens with one attached hydrogen (secondary N) is 2. The van der Waals surface area contributed by atoms with Gasteiger partial charge in [0, 0.05) is 34.6 Å². The lowest BCUT2D eigenvalue weighted by atomic mass is 10.1. The lowest BCUT2D eigenvalue weighted by molar-refractivity contribution is -0.121. The molecule has 0 aliphatic rings. The van der Waals surface area contributed by atoms with Crippen LogP contribution in [0.3, 0.4) is 0 Å². The van der Waals surface area contributed by atoms with E-state index in [0.29, 0.717) is 17.1 Å². The van der Waals surface area contributed by atoms with Crippen molar-refractivity contribution in [3.05, 3.63) is 81.3 Å². The monoisotopic (exact) mass is 444 g/mol. The molecule has 4 nitrogen and oxygen atoms in total. The summed E-state index contributed by atoms with van der Waals surface area (Å²) in [5.41, 5.74) is 1.42. The summed E-state index contributed by atoms with van der Waals surface area (Å²) in [5, 5.41) is 8.27. The van der Waals surface area contributed by atoms with Gasteiger partial charge >= 0.3 is 0 Å². The Labute approximate surface area is 171 Å². The number of rotatable bonds is 6. The summed E-state index contributed by atoms with van der Waals surface area (Å²) in [6, 6.07) is 18.9. The number of benzene rings is 3. The molecule has 0 fully saturated rings. The average Bonchev–Trinajstić information content (AvgIpc) is 2.67. The first-order valence-electron chi connectivity index (χ1n) is 8.50. The van der Waals surface area contributed by atoms with E-state index in [-0.39, 0.29) is 24.8 Å². The van der Waals surface area contributed by atoms with Crippen molar-refractivity contribution >= 4 is 50.1 Å². The normalized spacial score (nSPS) is 10.6. The highest BCUT2D eigenvalue weighted by atomic mass is 79.9. The van der Waals surface area contributed by atoms with Crippen LogP contribution in [0.15, 0.2) is 65.1 Å². The van der Waals surface area contributed by atoms with Gasteiger partial charge in [0.2, 0.25) is 5.91 Å². The maximum atomic E-state index is 12.3. The summed E-state index contributed by atoms with van der Waals surface area (Å²) < 4.78 is 0.888. The third-order valence-corrected chi connectivity index (χ3v) is 4.99. The van der Waals surface area contributed by atoms with E-state index in [1.54, 1.807) is 12.1 Å². The molecule has 6 heteroatoms. The maximum Gasteiger partial charge on any atom is 0.251 e. The molecule has 0 radical (unpaired) electrons. The Morgan fingerprint density at radius 1 is 0.926 bits per heavy atom. The minimum atomic E-state index is -0.190. The minimum Gasteiger partial charge on any atom is -0.352 e. The van der Waals surface area contributed by atoms with Gasteiger partial charge in [-0.2, -0.15) is 0 Å². The number of fused-ring (bicyclic) bond motifs is 1. The molecule has 0 heterocycles. The Balaban J connectivity index is 1.46. The van der Waals surface area contributed by atoms with Crippen LogP contribution in [0.25, 0.3) is 10.8 Å². The third kappa shape index (κ3) is 5.31. The van der Waals surface area contributed by atoms with Crippen LogP contribution in [-0.2, 0) is 11.3 Å². The fourth-order valence-corrected chi connectivity index (χ4v) is 3.41. The van der Waals surface area contributed by atoms with Crippen molar-refractivity contribution in [1.82, 2.24) is 10.6 Å². The van der Waals surface area contributed by atoms with Crippen LogP contribution in [0.5, 0.6) is 0 Å². The summed E-state index contributed by atoms with van der Waals surface area (Å²) in [6.45, 7) is 0.620. The summed E-state index contributed by atoms with van der Waals surface area (Å²) in [7, 11) is 0. The first-order valence-corrected chi connectivity index (χ1v) is 9.67. The van der Waals surface area contributed by atoms with Gasteiger partial charge in [0.25, 0.3) is 5.91 Å². The highest BCUT2D eigenvalue weighted by Gasteiger charge is 2.08. The van der Waals surface area contributed by atoms with Gasteiger partial charge in [0.05, 0.1) is 0 Å². The van der Waals surface area contributed by atoms with Crippen molar-refractivity contribution in [1.29, 1.82) is 0 Å². The van der Waals surface area contributed by atoms with Gasteiger partial charge in [0.1, 0.15) is 0 Å². The molecule has 0 aromatic heterocycles. The van der Waals surface area contributed by atoms with Gasteiger partial charge in [-0.15, -0.1) is 0 Å². The molecule has 0 spiro atoms. The molecule has 0 bridgehead atoms. The van der Waals surface area contributed by atoms with E-state index in [1.807, 2.05) is 48.5 Å². The van der Waals surface area contributed by atoms with Gasteiger partial charge in [-0.3, -0.25) is 9.59 Å². The van der Waals surface area contributed by atoms with Gasteiger partial charge in [-0.1, -0.05) is 63.9 Å². The second-order valence-corrected chi connectivity index (χ2v) is 7.40. The van der Waals surface area contributed by atoms with Gasteiger partial charge < -0.3 is 10.6 Å². The molecule has 27 heavy (non-hydrogen) atoms. The van der Waals surface area contributed by atoms with Crippen molar-refractivity contribution in [2.45, 2.75) is 13.0 Å². The van der Waals surface area contributed by atoms with Crippen molar-refractivity contribution < 1.29 is 9.59 Å². The molecule has 3 aromatic rings. The lowest BCUT2D eigenvalue weighted by Gasteiger charge is -2.09. The maximum absolute atomic E-state index is 12.3. The number of halogens is 2. The zero-order chi connectivity index (χ0) is 19.2. The Morgan fingerprint density at radius 2 is 1.70 bits per heavy atom. The highest BCUT2D eigenvalue weighted by Crippen LogP contribution is 2.21. The van der Waals surface area contributed by atoms with Crippen LogP contribution >= 0.6 is 27.5 Å². The molecule has 0 saturated heterocycles. The Hall–Kier alpha value is -2.37. The molecule has 0 saturated carbocycles. The van der Waals surface area contributed by atoms with Crippen LogP contribution < -0.4 is 10.6 Å². The largest absolute Gasteiger partial charge is 0.352 e. The fourth-order valence-electron chi connectivity index (χ4n) is 2.67. The van der Waals surface area contributed by atoms with Crippen LogP contribution in [0.2, 0.25) is 5.02 Å². The van der Waals surface area contributed by atoms with Gasteiger partial charge in [-0.25, -0.2) is 0 Å². The standard InChI is InChI=1S/C21H18BrClN2O2/c22-18-8-7-17(19(23)12-18)13-25-20(26)9-10-24-21(27)16-6-5-14-3-1-2-4-15(14)11-16/h1-8,11-12H,9-10,13H2,(H,24,27)(H,25,26). The number of carbonyl (C=O) groups is 2. The summed E-state index contributed by atoms with van der Waals surface area (Å²) in [4.78, 5) is 24.2. The molecular formula is C21H18BrClN2O2. The fraction of sp³-hybridized carbons (Fsp3) is 0.143. The molecule has 0 atom stereocenters. The van der Waals surface area contributed by atoms with Gasteiger partial charge in [-0.05, 0) is 40.6 Å². The smallest absolute Gasteiger partial charge is 0.251 e. The van der Waals surface area contributed by atoms with E-state index in [2.05, 4.69) is 26.6 Å². The molecule has 0 aliphatic carbocycles. The first-order chi connectivity index (χ1) is 13.0. The van der Waals surface area contributed by atoms with Crippen molar-refractivity contribution in [3.63, 3.8) is 0 Å². The number of hydrogen-bond acceptors (Lipinski definition) is 2. The highest BCUT2D eigenvalue weighted by molar-refractivity contribution is 9.10.